The van der Waals surface area contributed by atoms with E-state index >= 15 is 0 Å². The quantitative estimate of drug-likeness (QED) is 0.486. The number of nitrogens with one attached hydrogen (secondary N) is 2. The van der Waals surface area contributed by atoms with Gasteiger partial charge in [0.1, 0.15) is 5.75 Å². The maximum Gasteiger partial charge on any atom is 0.276 e. The number of benzene rings is 2. The number of hydrogen-bond donors (Lipinski definition) is 2. The molecule has 0 aliphatic rings. The number of hydrazine groups is 1. The number of halogens is 2. The zero-order valence-corrected chi connectivity index (χ0v) is 16.7. The Labute approximate surface area is 162 Å². The Morgan fingerprint density at radius 2 is 1.92 bits per heavy atom. The van der Waals surface area contributed by atoms with Crippen molar-refractivity contribution in [2.45, 2.75) is 13.3 Å². The number of carbonyl (C=O) groups is 2. The van der Waals surface area contributed by atoms with Crippen molar-refractivity contribution in [3.63, 3.8) is 0 Å². The first kappa shape index (κ1) is 18.7. The molecule has 0 heterocycles. The standard InChI is InChI=1S/C17H16BrIN2O3/c1-2-11-7-8-15(13(18)9-11)24-10-16(22)20-21-17(23)12-5-3-4-6-14(12)19/h3-9H,2,10H2,1H3,(H,20,22)(H,21,23). The fraction of sp³-hybridized carbons (Fsp3) is 0.176. The van der Waals surface area contributed by atoms with E-state index in [4.69, 9.17) is 4.74 Å². The predicted molar refractivity (Wildman–Crippen MR) is 104 cm³/mol. The van der Waals surface area contributed by atoms with Crippen LogP contribution in [0.15, 0.2) is 46.9 Å². The van der Waals surface area contributed by atoms with E-state index in [-0.39, 0.29) is 12.5 Å². The number of aryl methyl sites for hydroxylation is 1. The molecule has 0 spiro atoms. The third-order valence-electron chi connectivity index (χ3n) is 3.20. The van der Waals surface area contributed by atoms with Gasteiger partial charge in [0.25, 0.3) is 11.8 Å². The molecule has 24 heavy (non-hydrogen) atoms. The summed E-state index contributed by atoms with van der Waals surface area (Å²) in [6, 6.07) is 12.8. The normalized spacial score (nSPS) is 10.1. The molecular formula is C17H16BrIN2O3. The van der Waals surface area contributed by atoms with Gasteiger partial charge in [-0.15, -0.1) is 0 Å². The summed E-state index contributed by atoms with van der Waals surface area (Å²) in [4.78, 5) is 23.8. The molecule has 0 aliphatic carbocycles. The van der Waals surface area contributed by atoms with E-state index in [9.17, 15) is 9.59 Å². The first-order valence-corrected chi connectivity index (χ1v) is 9.13. The molecule has 2 rings (SSSR count). The van der Waals surface area contributed by atoms with Crippen LogP contribution >= 0.6 is 38.5 Å². The van der Waals surface area contributed by atoms with E-state index in [2.05, 4.69) is 56.3 Å². The minimum atomic E-state index is -0.444. The van der Waals surface area contributed by atoms with E-state index in [1.54, 1.807) is 18.2 Å². The summed E-state index contributed by atoms with van der Waals surface area (Å²) in [5.74, 6) is -0.242. The zero-order valence-electron chi connectivity index (χ0n) is 12.9. The molecule has 0 unspecified atom stereocenters. The third-order valence-corrected chi connectivity index (χ3v) is 4.76. The Morgan fingerprint density at radius 1 is 1.17 bits per heavy atom. The molecule has 7 heteroatoms. The highest BCUT2D eigenvalue weighted by molar-refractivity contribution is 14.1. The Balaban J connectivity index is 1.84. The van der Waals surface area contributed by atoms with Crippen LogP contribution < -0.4 is 15.6 Å². The lowest BCUT2D eigenvalue weighted by molar-refractivity contribution is -0.123. The van der Waals surface area contributed by atoms with E-state index < -0.39 is 5.91 Å². The van der Waals surface area contributed by atoms with Crippen LogP contribution in [0.25, 0.3) is 0 Å². The number of carbonyl (C=O) groups excluding carboxylic acids is 2. The lowest BCUT2D eigenvalue weighted by Gasteiger charge is -2.11. The molecule has 0 aliphatic heterocycles. The van der Waals surface area contributed by atoms with Crippen LogP contribution in [0.5, 0.6) is 5.75 Å². The van der Waals surface area contributed by atoms with E-state index in [1.807, 2.05) is 24.3 Å². The highest BCUT2D eigenvalue weighted by Gasteiger charge is 2.11. The third kappa shape index (κ3) is 5.20. The summed E-state index contributed by atoms with van der Waals surface area (Å²) in [7, 11) is 0. The molecule has 2 aromatic rings. The molecule has 0 fully saturated rings. The maximum atomic E-state index is 12.0. The van der Waals surface area contributed by atoms with Gasteiger partial charge < -0.3 is 4.74 Å². The summed E-state index contributed by atoms with van der Waals surface area (Å²) in [6.07, 6.45) is 0.920. The zero-order chi connectivity index (χ0) is 17.5. The van der Waals surface area contributed by atoms with Crippen LogP contribution in [-0.4, -0.2) is 18.4 Å². The molecule has 2 aromatic carbocycles. The molecule has 2 amide bonds. The molecule has 0 aromatic heterocycles. The van der Waals surface area contributed by atoms with Gasteiger partial charge in [-0.25, -0.2) is 0 Å². The van der Waals surface area contributed by atoms with E-state index in [0.29, 0.717) is 11.3 Å². The number of ether oxygens (including phenoxy) is 1. The van der Waals surface area contributed by atoms with Gasteiger partial charge >= 0.3 is 0 Å². The largest absolute Gasteiger partial charge is 0.483 e. The van der Waals surface area contributed by atoms with Crippen molar-refractivity contribution in [3.8, 4) is 5.75 Å². The highest BCUT2D eigenvalue weighted by atomic mass is 127. The van der Waals surface area contributed by atoms with Gasteiger partial charge in [-0.3, -0.25) is 20.4 Å². The van der Waals surface area contributed by atoms with Gasteiger partial charge in [-0.2, -0.15) is 0 Å². The molecule has 0 bridgehead atoms. The predicted octanol–water partition coefficient (Wildman–Crippen LogP) is 3.46. The molecule has 126 valence electrons. The Morgan fingerprint density at radius 3 is 2.58 bits per heavy atom. The highest BCUT2D eigenvalue weighted by Crippen LogP contribution is 2.26. The van der Waals surface area contributed by atoms with Gasteiger partial charge in [0.15, 0.2) is 6.61 Å². The Hall–Kier alpha value is -1.61. The van der Waals surface area contributed by atoms with Crippen molar-refractivity contribution < 1.29 is 14.3 Å². The van der Waals surface area contributed by atoms with Crippen LogP contribution in [0.3, 0.4) is 0 Å². The lowest BCUT2D eigenvalue weighted by Crippen LogP contribution is -2.44. The van der Waals surface area contributed by atoms with E-state index in [0.717, 1.165) is 14.5 Å². The molecule has 0 radical (unpaired) electrons. The number of rotatable bonds is 5. The molecule has 0 saturated heterocycles. The number of amides is 2. The second-order valence-electron chi connectivity index (χ2n) is 4.89. The fourth-order valence-corrected chi connectivity index (χ4v) is 3.07. The number of hydrogen-bond acceptors (Lipinski definition) is 3. The van der Waals surface area contributed by atoms with Gasteiger partial charge in [0.2, 0.25) is 0 Å². The van der Waals surface area contributed by atoms with Crippen LogP contribution in [0, 0.1) is 3.57 Å². The topological polar surface area (TPSA) is 67.4 Å². The van der Waals surface area contributed by atoms with Gasteiger partial charge in [0, 0.05) is 3.57 Å². The fourth-order valence-electron chi connectivity index (χ4n) is 1.90. The van der Waals surface area contributed by atoms with Crippen LogP contribution in [0.1, 0.15) is 22.8 Å². The van der Waals surface area contributed by atoms with Crippen molar-refractivity contribution in [2.75, 3.05) is 6.61 Å². The van der Waals surface area contributed by atoms with Gasteiger partial charge in [-0.1, -0.05) is 25.1 Å². The summed E-state index contributed by atoms with van der Waals surface area (Å²) >= 11 is 5.47. The van der Waals surface area contributed by atoms with Crippen LogP contribution in [-0.2, 0) is 11.2 Å². The maximum absolute atomic E-state index is 12.0. The van der Waals surface area contributed by atoms with Crippen molar-refractivity contribution in [1.29, 1.82) is 0 Å². The Kier molecular flexibility index (Phi) is 7.04. The SMILES string of the molecule is CCc1ccc(OCC(=O)NNC(=O)c2ccccc2I)c(Br)c1. The second kappa shape index (κ2) is 9.03. The minimum Gasteiger partial charge on any atom is -0.483 e. The molecule has 5 nitrogen and oxygen atoms in total. The first-order valence-electron chi connectivity index (χ1n) is 7.26. The van der Waals surface area contributed by atoms with Crippen LogP contribution in [0.2, 0.25) is 0 Å². The lowest BCUT2D eigenvalue weighted by atomic mass is 10.2. The summed E-state index contributed by atoms with van der Waals surface area (Å²) < 4.78 is 7.04. The second-order valence-corrected chi connectivity index (χ2v) is 6.91. The van der Waals surface area contributed by atoms with Crippen molar-refractivity contribution in [3.05, 3.63) is 61.6 Å². The van der Waals surface area contributed by atoms with Gasteiger partial charge in [-0.05, 0) is 74.8 Å². The summed E-state index contributed by atoms with van der Waals surface area (Å²) in [5, 5.41) is 0. The van der Waals surface area contributed by atoms with Crippen LogP contribution in [0.4, 0.5) is 0 Å². The molecular weight excluding hydrogens is 487 g/mol. The molecule has 0 atom stereocenters. The summed E-state index contributed by atoms with van der Waals surface area (Å²) in [5.41, 5.74) is 6.38. The molecule has 0 saturated carbocycles. The smallest absolute Gasteiger partial charge is 0.276 e. The van der Waals surface area contributed by atoms with Crippen molar-refractivity contribution in [2.24, 2.45) is 0 Å². The Bertz CT molecular complexity index is 752. The van der Waals surface area contributed by atoms with Gasteiger partial charge in [0.05, 0.1) is 10.0 Å². The monoisotopic (exact) mass is 502 g/mol. The summed E-state index contributed by atoms with van der Waals surface area (Å²) in [6.45, 7) is 1.86. The van der Waals surface area contributed by atoms with E-state index in [1.165, 1.54) is 5.56 Å². The minimum absolute atomic E-state index is 0.198. The van der Waals surface area contributed by atoms with Crippen molar-refractivity contribution >= 4 is 50.3 Å². The average Bonchev–Trinajstić information content (AvgIpc) is 2.58. The average molecular weight is 503 g/mol. The van der Waals surface area contributed by atoms with Crippen molar-refractivity contribution in [1.82, 2.24) is 10.9 Å². The molecule has 2 N–H and O–H groups in total. The first-order chi connectivity index (χ1) is 11.5.